The molecule has 2 amide bonds. The molecule has 0 bridgehead atoms. The summed E-state index contributed by atoms with van der Waals surface area (Å²) in [4.78, 5) is 37.8. The lowest BCUT2D eigenvalue weighted by molar-refractivity contribution is -0.120. The van der Waals surface area contributed by atoms with E-state index in [-0.39, 0.29) is 18.2 Å². The fourth-order valence-electron chi connectivity index (χ4n) is 3.52. The summed E-state index contributed by atoms with van der Waals surface area (Å²) >= 11 is 1.45. The van der Waals surface area contributed by atoms with Crippen LogP contribution < -0.4 is 10.6 Å². The zero-order valence-electron chi connectivity index (χ0n) is 16.0. The third kappa shape index (κ3) is 4.59. The molecule has 1 atom stereocenters. The van der Waals surface area contributed by atoms with E-state index in [1.54, 1.807) is 0 Å². The highest BCUT2D eigenvalue weighted by molar-refractivity contribution is 7.17. The number of anilines is 1. The maximum Gasteiger partial charge on any atom is 0.341 e. The van der Waals surface area contributed by atoms with Crippen molar-refractivity contribution in [3.05, 3.63) is 51.9 Å². The summed E-state index contributed by atoms with van der Waals surface area (Å²) in [5, 5.41) is 6.25. The normalized spacial score (nSPS) is 13.9. The minimum Gasteiger partial charge on any atom is -0.465 e. The van der Waals surface area contributed by atoms with Gasteiger partial charge >= 0.3 is 5.97 Å². The summed E-state index contributed by atoms with van der Waals surface area (Å²) < 4.78 is 4.95. The zero-order chi connectivity index (χ0) is 20.1. The Labute approximate surface area is 168 Å². The Morgan fingerprint density at radius 3 is 2.54 bits per heavy atom. The number of amides is 2. The monoisotopic (exact) mass is 400 g/mol. The first kappa shape index (κ1) is 20.1. The molecule has 1 aromatic heterocycles. The van der Waals surface area contributed by atoms with E-state index in [1.165, 1.54) is 25.4 Å². The van der Waals surface area contributed by atoms with Crippen molar-refractivity contribution in [1.82, 2.24) is 5.32 Å². The van der Waals surface area contributed by atoms with Gasteiger partial charge in [-0.25, -0.2) is 4.79 Å². The number of ether oxygens (including phenoxy) is 1. The molecule has 1 aliphatic rings. The van der Waals surface area contributed by atoms with Crippen LogP contribution in [0.15, 0.2) is 30.3 Å². The van der Waals surface area contributed by atoms with Crippen molar-refractivity contribution >= 4 is 34.1 Å². The van der Waals surface area contributed by atoms with Crippen LogP contribution in [0, 0.1) is 0 Å². The number of hydrogen-bond acceptors (Lipinski definition) is 5. The lowest BCUT2D eigenvalue weighted by Crippen LogP contribution is -2.29. The standard InChI is InChI=1S/C21H24N2O4S/c1-13(24)22-16(14-8-4-3-5-9-14)12-18(25)23-20-19(21(26)27-2)15-10-6-7-11-17(15)28-20/h3-5,8-9,16H,6-7,10-12H2,1-2H3,(H,22,24)(H,23,25). The lowest BCUT2D eigenvalue weighted by atomic mass is 9.95. The Hall–Kier alpha value is -2.67. The molecule has 0 fully saturated rings. The van der Waals surface area contributed by atoms with E-state index in [4.69, 9.17) is 4.74 Å². The van der Waals surface area contributed by atoms with Crippen LogP contribution in [0.1, 0.15) is 58.6 Å². The molecule has 0 spiro atoms. The molecule has 0 saturated heterocycles. The molecule has 6 nitrogen and oxygen atoms in total. The van der Waals surface area contributed by atoms with Gasteiger partial charge in [0.25, 0.3) is 0 Å². The molecule has 1 aromatic carbocycles. The molecule has 2 aromatic rings. The van der Waals surface area contributed by atoms with E-state index in [1.807, 2.05) is 30.3 Å². The van der Waals surface area contributed by atoms with E-state index in [0.29, 0.717) is 10.6 Å². The van der Waals surface area contributed by atoms with Crippen molar-refractivity contribution in [3.63, 3.8) is 0 Å². The minimum atomic E-state index is -0.435. The van der Waals surface area contributed by atoms with Gasteiger partial charge in [-0.05, 0) is 36.8 Å². The summed E-state index contributed by atoms with van der Waals surface area (Å²) in [7, 11) is 1.35. The van der Waals surface area contributed by atoms with Crippen LogP contribution in [0.2, 0.25) is 0 Å². The molecule has 148 valence electrons. The fraction of sp³-hybridized carbons (Fsp3) is 0.381. The van der Waals surface area contributed by atoms with Crippen LogP contribution in [-0.4, -0.2) is 24.9 Å². The summed E-state index contributed by atoms with van der Waals surface area (Å²) in [5.74, 6) is -0.883. The van der Waals surface area contributed by atoms with Gasteiger partial charge in [0.05, 0.1) is 25.1 Å². The molecule has 2 N–H and O–H groups in total. The zero-order valence-corrected chi connectivity index (χ0v) is 16.9. The van der Waals surface area contributed by atoms with Crippen molar-refractivity contribution in [3.8, 4) is 0 Å². The number of thiophene rings is 1. The predicted molar refractivity (Wildman–Crippen MR) is 109 cm³/mol. The van der Waals surface area contributed by atoms with Gasteiger partial charge in [-0.2, -0.15) is 0 Å². The first-order valence-electron chi connectivity index (χ1n) is 9.34. The van der Waals surface area contributed by atoms with Crippen LogP contribution in [0.3, 0.4) is 0 Å². The largest absolute Gasteiger partial charge is 0.465 e. The smallest absolute Gasteiger partial charge is 0.341 e. The number of aryl methyl sites for hydroxylation is 1. The van der Waals surface area contributed by atoms with E-state index in [9.17, 15) is 14.4 Å². The Bertz CT molecular complexity index is 876. The van der Waals surface area contributed by atoms with E-state index in [0.717, 1.165) is 41.7 Å². The highest BCUT2D eigenvalue weighted by Gasteiger charge is 2.27. The van der Waals surface area contributed by atoms with E-state index in [2.05, 4.69) is 10.6 Å². The van der Waals surface area contributed by atoms with Gasteiger partial charge in [0.1, 0.15) is 5.00 Å². The summed E-state index contributed by atoms with van der Waals surface area (Å²) in [6.45, 7) is 1.43. The quantitative estimate of drug-likeness (QED) is 0.726. The maximum absolute atomic E-state index is 12.7. The average Bonchev–Trinajstić information content (AvgIpc) is 3.04. The number of rotatable bonds is 6. The first-order chi connectivity index (χ1) is 13.5. The summed E-state index contributed by atoms with van der Waals surface area (Å²) in [6.07, 6.45) is 3.93. The topological polar surface area (TPSA) is 84.5 Å². The Morgan fingerprint density at radius 2 is 1.86 bits per heavy atom. The molecule has 0 saturated carbocycles. The number of hydrogen-bond donors (Lipinski definition) is 2. The molecule has 3 rings (SSSR count). The number of methoxy groups -OCH3 is 1. The van der Waals surface area contributed by atoms with Crippen molar-refractivity contribution < 1.29 is 19.1 Å². The van der Waals surface area contributed by atoms with Gasteiger partial charge in [0, 0.05) is 11.8 Å². The molecule has 28 heavy (non-hydrogen) atoms. The number of carbonyl (C=O) groups excluding carboxylic acids is 3. The lowest BCUT2D eigenvalue weighted by Gasteiger charge is -2.18. The average molecular weight is 401 g/mol. The molecule has 1 aliphatic carbocycles. The summed E-state index contributed by atoms with van der Waals surface area (Å²) in [5.41, 5.74) is 2.33. The van der Waals surface area contributed by atoms with Crippen molar-refractivity contribution in [2.24, 2.45) is 0 Å². The number of carbonyl (C=O) groups is 3. The second kappa shape index (κ2) is 9.01. The van der Waals surface area contributed by atoms with Crippen LogP contribution in [-0.2, 0) is 27.2 Å². The van der Waals surface area contributed by atoms with Crippen LogP contribution >= 0.6 is 11.3 Å². The fourth-order valence-corrected chi connectivity index (χ4v) is 4.81. The molecule has 1 unspecified atom stereocenters. The highest BCUT2D eigenvalue weighted by Crippen LogP contribution is 2.38. The van der Waals surface area contributed by atoms with E-state index >= 15 is 0 Å². The van der Waals surface area contributed by atoms with Crippen LogP contribution in [0.25, 0.3) is 0 Å². The number of benzene rings is 1. The highest BCUT2D eigenvalue weighted by atomic mass is 32.1. The number of fused-ring (bicyclic) bond motifs is 1. The SMILES string of the molecule is COC(=O)c1c(NC(=O)CC(NC(C)=O)c2ccccc2)sc2c1CCCC2. The Morgan fingerprint density at radius 1 is 1.14 bits per heavy atom. The van der Waals surface area contributed by atoms with Crippen molar-refractivity contribution in [1.29, 1.82) is 0 Å². The number of nitrogens with one attached hydrogen (secondary N) is 2. The maximum atomic E-state index is 12.7. The van der Waals surface area contributed by atoms with Gasteiger partial charge in [0.15, 0.2) is 0 Å². The van der Waals surface area contributed by atoms with Gasteiger partial charge < -0.3 is 15.4 Å². The van der Waals surface area contributed by atoms with Crippen LogP contribution in [0.5, 0.6) is 0 Å². The molecule has 0 radical (unpaired) electrons. The van der Waals surface area contributed by atoms with Gasteiger partial charge in [0.2, 0.25) is 11.8 Å². The van der Waals surface area contributed by atoms with Crippen molar-refractivity contribution in [2.75, 3.05) is 12.4 Å². The van der Waals surface area contributed by atoms with Crippen molar-refractivity contribution in [2.45, 2.75) is 45.1 Å². The second-order valence-corrected chi connectivity index (χ2v) is 7.93. The molecular formula is C21H24N2O4S. The van der Waals surface area contributed by atoms with Gasteiger partial charge in [-0.1, -0.05) is 30.3 Å². The molecule has 7 heteroatoms. The second-order valence-electron chi connectivity index (χ2n) is 6.82. The van der Waals surface area contributed by atoms with E-state index < -0.39 is 12.0 Å². The van der Waals surface area contributed by atoms with Gasteiger partial charge in [-0.15, -0.1) is 11.3 Å². The first-order valence-corrected chi connectivity index (χ1v) is 10.2. The van der Waals surface area contributed by atoms with Crippen LogP contribution in [0.4, 0.5) is 5.00 Å². The molecular weight excluding hydrogens is 376 g/mol. The molecule has 0 aliphatic heterocycles. The Balaban J connectivity index is 1.81. The Kier molecular flexibility index (Phi) is 6.46. The predicted octanol–water partition coefficient (Wildman–Crippen LogP) is 3.62. The third-order valence-corrected chi connectivity index (χ3v) is 5.99. The summed E-state index contributed by atoms with van der Waals surface area (Å²) in [6, 6.07) is 8.92. The third-order valence-electron chi connectivity index (χ3n) is 4.78. The molecule has 1 heterocycles. The van der Waals surface area contributed by atoms with Gasteiger partial charge in [-0.3, -0.25) is 9.59 Å². The number of esters is 1. The minimum absolute atomic E-state index is 0.0762.